The van der Waals surface area contributed by atoms with Crippen LogP contribution in [0, 0.1) is 0 Å². The topological polar surface area (TPSA) is 97.2 Å². The van der Waals surface area contributed by atoms with Crippen molar-refractivity contribution in [3.63, 3.8) is 0 Å². The van der Waals surface area contributed by atoms with Crippen LogP contribution in [0.1, 0.15) is 12.8 Å². The lowest BCUT2D eigenvalue weighted by Crippen LogP contribution is -2.27. The fraction of sp³-hybridized carbons (Fsp3) is 0.192. The number of sulfonamides is 1. The fourth-order valence-electron chi connectivity index (χ4n) is 4.16. The third kappa shape index (κ3) is 5.60. The van der Waals surface area contributed by atoms with Gasteiger partial charge in [-0.25, -0.2) is 8.42 Å². The first-order valence-electron chi connectivity index (χ1n) is 11.8. The van der Waals surface area contributed by atoms with Crippen molar-refractivity contribution in [2.45, 2.75) is 22.9 Å². The van der Waals surface area contributed by atoms with E-state index in [1.54, 1.807) is 42.5 Å². The number of anilines is 1. The van der Waals surface area contributed by atoms with Gasteiger partial charge in [0.25, 0.3) is 0 Å². The number of hydrogen-bond acceptors (Lipinski definition) is 6. The zero-order chi connectivity index (χ0) is 26.7. The van der Waals surface area contributed by atoms with Crippen molar-refractivity contribution in [1.82, 2.24) is 19.1 Å². The molecule has 0 unspecified atom stereocenters. The summed E-state index contributed by atoms with van der Waals surface area (Å²) in [6.45, 7) is 1.05. The number of rotatable bonds is 8. The van der Waals surface area contributed by atoms with Crippen molar-refractivity contribution in [2.24, 2.45) is 0 Å². The molecule has 1 aliphatic heterocycles. The van der Waals surface area contributed by atoms with Crippen LogP contribution in [-0.4, -0.2) is 52.2 Å². The van der Waals surface area contributed by atoms with Gasteiger partial charge in [-0.1, -0.05) is 71.4 Å². The molecule has 8 nitrogen and oxygen atoms in total. The summed E-state index contributed by atoms with van der Waals surface area (Å²) in [4.78, 5) is 12.9. The maximum Gasteiger partial charge on any atom is 0.243 e. The van der Waals surface area contributed by atoms with Crippen LogP contribution in [0.2, 0.25) is 10.0 Å². The summed E-state index contributed by atoms with van der Waals surface area (Å²) < 4.78 is 29.7. The highest BCUT2D eigenvalue weighted by Crippen LogP contribution is 2.32. The number of benzene rings is 3. The van der Waals surface area contributed by atoms with Crippen molar-refractivity contribution < 1.29 is 13.2 Å². The van der Waals surface area contributed by atoms with Gasteiger partial charge in [0, 0.05) is 24.3 Å². The molecule has 3 aromatic carbocycles. The molecule has 0 aliphatic carbocycles. The summed E-state index contributed by atoms with van der Waals surface area (Å²) in [5, 5.41) is 12.6. The Bertz CT molecular complexity index is 1550. The Morgan fingerprint density at radius 1 is 0.921 bits per heavy atom. The second kappa shape index (κ2) is 11.5. The predicted molar refractivity (Wildman–Crippen MR) is 151 cm³/mol. The van der Waals surface area contributed by atoms with Gasteiger partial charge in [0.15, 0.2) is 11.0 Å². The number of carbonyl (C=O) groups excluding carboxylic acids is 1. The van der Waals surface area contributed by atoms with Gasteiger partial charge < -0.3 is 5.32 Å². The van der Waals surface area contributed by atoms with Gasteiger partial charge in [-0.3, -0.25) is 9.36 Å². The minimum atomic E-state index is -3.60. The Morgan fingerprint density at radius 3 is 2.32 bits per heavy atom. The Kier molecular flexibility index (Phi) is 8.06. The highest BCUT2D eigenvalue weighted by Gasteiger charge is 2.28. The van der Waals surface area contributed by atoms with Crippen molar-refractivity contribution in [3.05, 3.63) is 82.8 Å². The molecule has 4 aromatic rings. The molecule has 12 heteroatoms. The molecule has 1 amide bonds. The Labute approximate surface area is 235 Å². The molecule has 1 N–H and O–H groups in total. The predicted octanol–water partition coefficient (Wildman–Crippen LogP) is 5.76. The van der Waals surface area contributed by atoms with E-state index in [1.807, 2.05) is 34.9 Å². The number of thioether (sulfide) groups is 1. The zero-order valence-electron chi connectivity index (χ0n) is 20.0. The average Bonchev–Trinajstić information content (AvgIpc) is 3.61. The van der Waals surface area contributed by atoms with E-state index in [0.717, 1.165) is 18.5 Å². The van der Waals surface area contributed by atoms with Gasteiger partial charge in [0.05, 0.1) is 26.4 Å². The number of nitrogens with one attached hydrogen (secondary N) is 1. The molecule has 0 bridgehead atoms. The summed E-state index contributed by atoms with van der Waals surface area (Å²) in [5.41, 5.74) is 1.72. The third-order valence-corrected chi connectivity index (χ3v) is 9.46. The molecule has 0 atom stereocenters. The Hall–Kier alpha value is -2.89. The van der Waals surface area contributed by atoms with Gasteiger partial charge in [0.2, 0.25) is 15.9 Å². The average molecular weight is 589 g/mol. The van der Waals surface area contributed by atoms with Gasteiger partial charge in [0.1, 0.15) is 0 Å². The molecule has 0 saturated carbocycles. The molecule has 196 valence electrons. The molecule has 1 aliphatic rings. The van der Waals surface area contributed by atoms with E-state index >= 15 is 0 Å². The maximum absolute atomic E-state index is 13.2. The Morgan fingerprint density at radius 2 is 1.61 bits per heavy atom. The third-order valence-electron chi connectivity index (χ3n) is 6.00. The summed E-state index contributed by atoms with van der Waals surface area (Å²) in [5.74, 6) is 0.176. The standard InChI is InChI=1S/C26H23Cl2N5O3S2/c27-21-12-7-13-22(28)24(21)29-23(34)17-37-26-31-30-25(33(26)19-9-2-1-3-10-19)18-8-6-11-20(16-18)38(35,36)32-14-4-5-15-32/h1-3,6-13,16H,4-5,14-15,17H2,(H,29,34). The number of carbonyl (C=O) groups is 1. The zero-order valence-corrected chi connectivity index (χ0v) is 23.2. The van der Waals surface area contributed by atoms with Crippen LogP contribution < -0.4 is 5.32 Å². The lowest BCUT2D eigenvalue weighted by molar-refractivity contribution is -0.113. The van der Waals surface area contributed by atoms with Crippen LogP contribution in [0.5, 0.6) is 0 Å². The molecule has 5 rings (SSSR count). The second-order valence-electron chi connectivity index (χ2n) is 8.55. The van der Waals surface area contributed by atoms with E-state index in [1.165, 1.54) is 16.1 Å². The van der Waals surface area contributed by atoms with E-state index in [0.29, 0.717) is 45.4 Å². The van der Waals surface area contributed by atoms with Gasteiger partial charge in [-0.2, -0.15) is 4.31 Å². The first kappa shape index (κ1) is 26.7. The van der Waals surface area contributed by atoms with E-state index in [2.05, 4.69) is 15.5 Å². The van der Waals surface area contributed by atoms with Crippen LogP contribution in [0.3, 0.4) is 0 Å². The molecular formula is C26H23Cl2N5O3S2. The SMILES string of the molecule is O=C(CSc1nnc(-c2cccc(S(=O)(=O)N3CCCC3)c2)n1-c1ccccc1)Nc1c(Cl)cccc1Cl. The number of halogens is 2. The smallest absolute Gasteiger partial charge is 0.243 e. The number of para-hydroxylation sites is 2. The van der Waals surface area contributed by atoms with Crippen LogP contribution in [0.25, 0.3) is 17.1 Å². The number of nitrogens with zero attached hydrogens (tertiary/aromatic N) is 4. The van der Waals surface area contributed by atoms with Crippen molar-refractivity contribution in [3.8, 4) is 17.1 Å². The van der Waals surface area contributed by atoms with Crippen LogP contribution in [0.4, 0.5) is 5.69 Å². The van der Waals surface area contributed by atoms with E-state index in [-0.39, 0.29) is 16.6 Å². The van der Waals surface area contributed by atoms with Crippen LogP contribution in [0.15, 0.2) is 82.8 Å². The van der Waals surface area contributed by atoms with Gasteiger partial charge in [-0.15, -0.1) is 10.2 Å². The van der Waals surface area contributed by atoms with E-state index in [9.17, 15) is 13.2 Å². The second-order valence-corrected chi connectivity index (χ2v) is 12.2. The molecule has 1 fully saturated rings. The molecule has 2 heterocycles. The highest BCUT2D eigenvalue weighted by molar-refractivity contribution is 7.99. The first-order chi connectivity index (χ1) is 18.3. The monoisotopic (exact) mass is 587 g/mol. The quantitative estimate of drug-likeness (QED) is 0.263. The molecule has 38 heavy (non-hydrogen) atoms. The molecule has 1 aromatic heterocycles. The number of aromatic nitrogens is 3. The fourth-order valence-corrected chi connectivity index (χ4v) is 6.96. The summed E-state index contributed by atoms with van der Waals surface area (Å²) in [6.07, 6.45) is 1.72. The largest absolute Gasteiger partial charge is 0.323 e. The van der Waals surface area contributed by atoms with Crippen molar-refractivity contribution in [2.75, 3.05) is 24.2 Å². The lowest BCUT2D eigenvalue weighted by Gasteiger charge is -2.16. The van der Waals surface area contributed by atoms with E-state index < -0.39 is 10.0 Å². The van der Waals surface area contributed by atoms with E-state index in [4.69, 9.17) is 23.2 Å². The minimum absolute atomic E-state index is 0.0237. The van der Waals surface area contributed by atoms with Crippen LogP contribution >= 0.6 is 35.0 Å². The summed E-state index contributed by atoms with van der Waals surface area (Å²) in [6, 6.07) is 21.2. The minimum Gasteiger partial charge on any atom is -0.323 e. The summed E-state index contributed by atoms with van der Waals surface area (Å²) in [7, 11) is -3.60. The van der Waals surface area contributed by atoms with Gasteiger partial charge in [-0.05, 0) is 49.2 Å². The highest BCUT2D eigenvalue weighted by atomic mass is 35.5. The number of hydrogen-bond donors (Lipinski definition) is 1. The van der Waals surface area contributed by atoms with Crippen molar-refractivity contribution >= 4 is 56.6 Å². The first-order valence-corrected chi connectivity index (χ1v) is 15.0. The molecule has 0 radical (unpaired) electrons. The summed E-state index contributed by atoms with van der Waals surface area (Å²) >= 11 is 13.5. The van der Waals surface area contributed by atoms with Crippen molar-refractivity contribution in [1.29, 1.82) is 0 Å². The Balaban J connectivity index is 1.45. The molecule has 1 saturated heterocycles. The lowest BCUT2D eigenvalue weighted by atomic mass is 10.2. The maximum atomic E-state index is 13.2. The molecular weight excluding hydrogens is 565 g/mol. The van der Waals surface area contributed by atoms with Gasteiger partial charge >= 0.3 is 0 Å². The normalized spacial score (nSPS) is 14.1. The molecule has 0 spiro atoms. The van der Waals surface area contributed by atoms with Crippen LogP contribution in [-0.2, 0) is 14.8 Å². The number of amides is 1.